The van der Waals surface area contributed by atoms with Gasteiger partial charge in [-0.1, -0.05) is 0 Å². The van der Waals surface area contributed by atoms with Crippen LogP contribution in [0, 0.1) is 17.1 Å². The molecule has 1 aromatic carbocycles. The number of rotatable bonds is 2. The summed E-state index contributed by atoms with van der Waals surface area (Å²) in [5.41, 5.74) is -0.544. The van der Waals surface area contributed by atoms with E-state index in [-0.39, 0.29) is 0 Å². The zero-order valence-electron chi connectivity index (χ0n) is 9.94. The molecule has 0 aliphatic heterocycles. The maximum atomic E-state index is 13.1. The molecule has 1 aromatic rings. The van der Waals surface area contributed by atoms with Crippen LogP contribution in [0.4, 0.5) is 4.39 Å². The van der Waals surface area contributed by atoms with E-state index in [9.17, 15) is 9.18 Å². The molecule has 0 fully saturated rings. The Hall–Kier alpha value is -1.69. The molecule has 0 aromatic heterocycles. The monoisotopic (exact) mass is 167 g/mol. The Bertz CT molecular complexity index is 480. The van der Waals surface area contributed by atoms with Gasteiger partial charge >= 0.3 is 0 Å². The number of benzene rings is 1. The minimum absolute atomic E-state index is 0.544. The second-order valence-electron chi connectivity index (χ2n) is 1.95. The first kappa shape index (κ1) is 4.36. The van der Waals surface area contributed by atoms with Crippen LogP contribution in [0.2, 0.25) is 0 Å². The molecule has 12 heavy (non-hydrogen) atoms. The summed E-state index contributed by atoms with van der Waals surface area (Å²) in [6.07, 6.45) is -0.567. The van der Waals surface area contributed by atoms with Gasteiger partial charge in [-0.15, -0.1) is 0 Å². The number of hydrogen-bond acceptors (Lipinski definition) is 2. The fourth-order valence-corrected chi connectivity index (χ4v) is 0.597. The van der Waals surface area contributed by atoms with Crippen molar-refractivity contribution in [2.75, 3.05) is 0 Å². The molecule has 0 aliphatic rings. The van der Waals surface area contributed by atoms with Gasteiger partial charge in [0.2, 0.25) is 0 Å². The second-order valence-corrected chi connectivity index (χ2v) is 1.95. The highest BCUT2D eigenvalue weighted by atomic mass is 19.1. The van der Waals surface area contributed by atoms with Crippen LogP contribution in [-0.2, 0) is 0 Å². The van der Waals surface area contributed by atoms with Gasteiger partial charge in [-0.2, -0.15) is 5.26 Å². The fourth-order valence-electron chi connectivity index (χ4n) is 0.597. The van der Waals surface area contributed by atoms with E-state index >= 15 is 0 Å². The van der Waals surface area contributed by atoms with Crippen molar-refractivity contribution < 1.29 is 14.7 Å². The molecule has 0 saturated carbocycles. The predicted octanol–water partition coefficient (Wildman–Crippen LogP) is 1.92. The molecule has 1 rings (SSSR count). The highest BCUT2D eigenvalue weighted by molar-refractivity contribution is 5.97. The summed E-state index contributed by atoms with van der Waals surface area (Å²) in [4.78, 5) is 11.4. The number of hydrogen-bond donors (Lipinski definition) is 0. The van der Waals surface area contributed by atoms with Gasteiger partial charge in [0.15, 0.2) is 5.78 Å². The average molecular weight is 167 g/mol. The maximum Gasteiger partial charge on any atom is 0.176 e. The first-order valence-electron chi connectivity index (χ1n) is 5.07. The van der Waals surface area contributed by atoms with Gasteiger partial charge in [-0.3, -0.25) is 4.79 Å². The van der Waals surface area contributed by atoms with Gasteiger partial charge in [-0.25, -0.2) is 4.39 Å². The predicted molar refractivity (Wildman–Crippen MR) is 41.0 cm³/mol. The maximum absolute atomic E-state index is 13.1. The van der Waals surface area contributed by atoms with Crippen molar-refractivity contribution in [3.05, 3.63) is 35.6 Å². The molecule has 0 bridgehead atoms. The molecule has 0 atom stereocenters. The lowest BCUT2D eigenvalue weighted by Crippen LogP contribution is -1.96. The van der Waals surface area contributed by atoms with E-state index in [1.165, 1.54) is 0 Å². The Morgan fingerprint density at radius 2 is 2.17 bits per heavy atom. The van der Waals surface area contributed by atoms with E-state index in [4.69, 9.17) is 10.7 Å². The molecule has 60 valence electrons. The summed E-state index contributed by atoms with van der Waals surface area (Å²) in [6, 6.07) is -1.76. The molecule has 3 heteroatoms. The van der Waals surface area contributed by atoms with Crippen LogP contribution in [0.25, 0.3) is 0 Å². The van der Waals surface area contributed by atoms with Crippen molar-refractivity contribution in [3.63, 3.8) is 0 Å². The average Bonchev–Trinajstić information content (AvgIpc) is 2.24. The highest BCUT2D eigenvalue weighted by Crippen LogP contribution is 2.04. The third-order valence-corrected chi connectivity index (χ3v) is 1.11. The Balaban J connectivity index is 3.53. The van der Waals surface area contributed by atoms with Crippen molar-refractivity contribution in [1.29, 1.82) is 5.26 Å². The van der Waals surface area contributed by atoms with Gasteiger partial charge in [0.25, 0.3) is 0 Å². The molecule has 0 heterocycles. The van der Waals surface area contributed by atoms with Crippen LogP contribution in [-0.4, -0.2) is 5.78 Å². The highest BCUT2D eigenvalue weighted by Gasteiger charge is 2.03. The lowest BCUT2D eigenvalue weighted by molar-refractivity contribution is 0.0997. The van der Waals surface area contributed by atoms with E-state index in [2.05, 4.69) is 0 Å². The minimum atomic E-state index is -1.30. The molecule has 0 amide bonds. The number of Topliss-reactive ketones (excluding diaryl/α,β-unsaturated/α-hetero) is 1. The molecule has 0 saturated heterocycles. The van der Waals surface area contributed by atoms with E-state index < -0.39 is 47.8 Å². The van der Waals surface area contributed by atoms with Crippen molar-refractivity contribution in [2.24, 2.45) is 0 Å². The molecule has 0 unspecified atom stereocenters. The number of carbonyl (C=O) groups is 1. The Kier molecular flexibility index (Phi) is 1.32. The topological polar surface area (TPSA) is 40.9 Å². The lowest BCUT2D eigenvalue weighted by atomic mass is 10.1. The van der Waals surface area contributed by atoms with Crippen LogP contribution in [0.1, 0.15) is 22.3 Å². The fraction of sp³-hybridized carbons (Fsp3) is 0.111. The number of halogens is 1. The van der Waals surface area contributed by atoms with Crippen molar-refractivity contribution >= 4 is 5.78 Å². The van der Waals surface area contributed by atoms with E-state index in [0.29, 0.717) is 0 Å². The van der Waals surface area contributed by atoms with Crippen LogP contribution in [0.3, 0.4) is 0 Å². The molecule has 2 nitrogen and oxygen atoms in total. The zero-order chi connectivity index (χ0) is 12.5. The van der Waals surface area contributed by atoms with E-state index in [1.54, 1.807) is 6.07 Å². The summed E-state index contributed by atoms with van der Waals surface area (Å²) < 4.78 is 42.0. The molecule has 0 radical (unpaired) electrons. The third kappa shape index (κ3) is 1.89. The van der Waals surface area contributed by atoms with Gasteiger partial charge in [0, 0.05) is 5.56 Å². The summed E-state index contributed by atoms with van der Waals surface area (Å²) in [5.74, 6) is -2.15. The largest absolute Gasteiger partial charge is 0.293 e. The third-order valence-electron chi connectivity index (χ3n) is 1.11. The Morgan fingerprint density at radius 3 is 2.67 bits per heavy atom. The van der Waals surface area contributed by atoms with Crippen LogP contribution >= 0.6 is 0 Å². The smallest absolute Gasteiger partial charge is 0.176 e. The zero-order valence-corrected chi connectivity index (χ0v) is 5.94. The standard InChI is InChI=1S/C9H6FNO/c10-8-3-1-7(2-4-8)9(12)5-6-11/h1-4H,5H2/i1D,2D,3D,4D. The van der Waals surface area contributed by atoms with Gasteiger partial charge in [-0.05, 0) is 24.2 Å². The normalized spacial score (nSPS) is 13.7. The number of nitrogens with zero attached hydrogens (tertiary/aromatic N) is 1. The Morgan fingerprint density at radius 1 is 1.58 bits per heavy atom. The quantitative estimate of drug-likeness (QED) is 0.631. The molecule has 0 N–H and O–H groups in total. The van der Waals surface area contributed by atoms with Gasteiger partial charge in [0.05, 0.1) is 18.0 Å². The SMILES string of the molecule is [2H]c1c([2H])c(C(=O)CC#N)c([2H])c([2H])c1F. The minimum Gasteiger partial charge on any atom is -0.293 e. The first-order valence-corrected chi connectivity index (χ1v) is 3.07. The Labute approximate surface area is 74.9 Å². The second kappa shape index (κ2) is 3.63. The van der Waals surface area contributed by atoms with Crippen molar-refractivity contribution in [3.8, 4) is 6.07 Å². The molecule has 0 aliphatic carbocycles. The van der Waals surface area contributed by atoms with E-state index in [1.807, 2.05) is 0 Å². The number of carbonyl (C=O) groups excluding carboxylic acids is 1. The van der Waals surface area contributed by atoms with Crippen molar-refractivity contribution in [1.82, 2.24) is 0 Å². The van der Waals surface area contributed by atoms with Crippen LogP contribution in [0.15, 0.2) is 24.2 Å². The number of ketones is 1. The molecular weight excluding hydrogens is 157 g/mol. The van der Waals surface area contributed by atoms with Gasteiger partial charge < -0.3 is 0 Å². The van der Waals surface area contributed by atoms with Gasteiger partial charge in [0.1, 0.15) is 5.82 Å². The number of nitriles is 1. The summed E-state index contributed by atoms with van der Waals surface area (Å²) in [5, 5.41) is 8.31. The lowest BCUT2D eigenvalue weighted by Gasteiger charge is -1.94. The molecule has 0 spiro atoms. The summed E-state index contributed by atoms with van der Waals surface area (Å²) in [6.45, 7) is 0. The first-order chi connectivity index (χ1) is 7.41. The van der Waals surface area contributed by atoms with Crippen LogP contribution in [0.5, 0.6) is 0 Å². The summed E-state index contributed by atoms with van der Waals surface area (Å²) >= 11 is 0. The molecular formula is C9H6FNO. The van der Waals surface area contributed by atoms with Crippen molar-refractivity contribution in [2.45, 2.75) is 6.42 Å². The summed E-state index contributed by atoms with van der Waals surface area (Å²) in [7, 11) is 0. The van der Waals surface area contributed by atoms with E-state index in [0.717, 1.165) is 0 Å². The van der Waals surface area contributed by atoms with Crippen LogP contribution < -0.4 is 0 Å².